The highest BCUT2D eigenvalue weighted by Crippen LogP contribution is 2.46. The molecule has 0 radical (unpaired) electrons. The average molecular weight is 382 g/mol. The van der Waals surface area contributed by atoms with Gasteiger partial charge >= 0.3 is 0 Å². The van der Waals surface area contributed by atoms with E-state index in [0.717, 1.165) is 23.3 Å². The average Bonchev–Trinajstić information content (AvgIpc) is 3.29. The Morgan fingerprint density at radius 3 is 2.68 bits per heavy atom. The molecule has 0 bridgehead atoms. The predicted molar refractivity (Wildman–Crippen MR) is 98.5 cm³/mol. The summed E-state index contributed by atoms with van der Waals surface area (Å²) in [6.45, 7) is 4.21. The van der Waals surface area contributed by atoms with Crippen LogP contribution in [-0.2, 0) is 15.6 Å². The van der Waals surface area contributed by atoms with Crippen LogP contribution in [0.2, 0.25) is 0 Å². The molecule has 2 N–H and O–H groups in total. The minimum atomic E-state index is -3.71. The molecule has 7 heteroatoms. The van der Waals surface area contributed by atoms with Gasteiger partial charge in [0.1, 0.15) is 11.4 Å². The standard InChI is InChI=1S/C18H23NO4S2/c1-3-23-16-9-8-15(11-13(16)2)25(21,22)19-12-18(20,14-6-7-14)17-5-4-10-24-17/h4-5,8-11,14,19-20H,3,6-7,12H2,1-2H3. The fourth-order valence-corrected chi connectivity index (χ4v) is 4.97. The Kier molecular flexibility index (Phi) is 5.20. The van der Waals surface area contributed by atoms with Gasteiger partial charge < -0.3 is 9.84 Å². The first-order valence-electron chi connectivity index (χ1n) is 8.36. The molecule has 1 heterocycles. The Bertz CT molecular complexity index is 829. The summed E-state index contributed by atoms with van der Waals surface area (Å²) in [6.07, 6.45) is 1.83. The van der Waals surface area contributed by atoms with Gasteiger partial charge in [0.05, 0.1) is 11.5 Å². The first-order chi connectivity index (χ1) is 11.9. The zero-order valence-corrected chi connectivity index (χ0v) is 16.0. The number of hydrogen-bond acceptors (Lipinski definition) is 5. The third-order valence-corrected chi connectivity index (χ3v) is 6.92. The van der Waals surface area contributed by atoms with E-state index in [0.29, 0.717) is 12.4 Å². The highest BCUT2D eigenvalue weighted by Gasteiger charge is 2.46. The molecule has 1 aliphatic rings. The van der Waals surface area contributed by atoms with Crippen LogP contribution in [0.1, 0.15) is 30.2 Å². The second kappa shape index (κ2) is 7.07. The minimum absolute atomic E-state index is 0.0211. The number of aryl methyl sites for hydroxylation is 1. The number of sulfonamides is 1. The van der Waals surface area contributed by atoms with Gasteiger partial charge in [-0.05, 0) is 67.8 Å². The van der Waals surface area contributed by atoms with Crippen molar-refractivity contribution in [2.24, 2.45) is 5.92 Å². The summed E-state index contributed by atoms with van der Waals surface area (Å²) in [5.74, 6) is 0.783. The summed E-state index contributed by atoms with van der Waals surface area (Å²) >= 11 is 1.45. The SMILES string of the molecule is CCOc1ccc(S(=O)(=O)NCC(O)(c2cccs2)C2CC2)cc1C. The third kappa shape index (κ3) is 3.89. The van der Waals surface area contributed by atoms with E-state index in [9.17, 15) is 13.5 Å². The maximum absolute atomic E-state index is 12.7. The molecule has 2 aromatic rings. The topological polar surface area (TPSA) is 75.6 Å². The van der Waals surface area contributed by atoms with Crippen LogP contribution in [0.5, 0.6) is 5.75 Å². The van der Waals surface area contributed by atoms with Crippen LogP contribution in [0.15, 0.2) is 40.6 Å². The van der Waals surface area contributed by atoms with Crippen molar-refractivity contribution >= 4 is 21.4 Å². The molecular weight excluding hydrogens is 358 g/mol. The molecular formula is C18H23NO4S2. The van der Waals surface area contributed by atoms with Crippen molar-refractivity contribution in [3.63, 3.8) is 0 Å². The van der Waals surface area contributed by atoms with E-state index in [-0.39, 0.29) is 17.4 Å². The number of ether oxygens (including phenoxy) is 1. The number of hydrogen-bond donors (Lipinski definition) is 2. The van der Waals surface area contributed by atoms with Crippen LogP contribution in [0.3, 0.4) is 0 Å². The molecule has 136 valence electrons. The van der Waals surface area contributed by atoms with Crippen molar-refractivity contribution in [3.05, 3.63) is 46.2 Å². The molecule has 1 aromatic heterocycles. The monoisotopic (exact) mass is 381 g/mol. The molecule has 0 aliphatic heterocycles. The van der Waals surface area contributed by atoms with Gasteiger partial charge in [0.2, 0.25) is 10.0 Å². The van der Waals surface area contributed by atoms with Gasteiger partial charge in [0.15, 0.2) is 0 Å². The highest BCUT2D eigenvalue weighted by molar-refractivity contribution is 7.89. The molecule has 1 unspecified atom stereocenters. The Balaban J connectivity index is 1.78. The molecule has 1 atom stereocenters. The third-order valence-electron chi connectivity index (χ3n) is 4.49. The maximum Gasteiger partial charge on any atom is 0.240 e. The number of benzene rings is 1. The van der Waals surface area contributed by atoms with Crippen molar-refractivity contribution < 1.29 is 18.3 Å². The van der Waals surface area contributed by atoms with Crippen molar-refractivity contribution in [2.45, 2.75) is 37.2 Å². The Morgan fingerprint density at radius 1 is 1.36 bits per heavy atom. The molecule has 5 nitrogen and oxygen atoms in total. The van der Waals surface area contributed by atoms with E-state index in [1.165, 1.54) is 17.4 Å². The summed E-state index contributed by atoms with van der Waals surface area (Å²) in [4.78, 5) is 0.985. The molecule has 1 aliphatic carbocycles. The highest BCUT2D eigenvalue weighted by atomic mass is 32.2. The molecule has 1 saturated carbocycles. The number of rotatable bonds is 8. The van der Waals surface area contributed by atoms with E-state index in [1.54, 1.807) is 12.1 Å². The summed E-state index contributed by atoms with van der Waals surface area (Å²) in [5.41, 5.74) is -0.373. The first kappa shape index (κ1) is 18.4. The van der Waals surface area contributed by atoms with Gasteiger partial charge in [-0.25, -0.2) is 13.1 Å². The van der Waals surface area contributed by atoms with Crippen molar-refractivity contribution in [3.8, 4) is 5.75 Å². The van der Waals surface area contributed by atoms with Crippen LogP contribution in [0, 0.1) is 12.8 Å². The van der Waals surface area contributed by atoms with E-state index in [2.05, 4.69) is 4.72 Å². The van der Waals surface area contributed by atoms with Gasteiger partial charge in [-0.15, -0.1) is 11.3 Å². The predicted octanol–water partition coefficient (Wildman–Crippen LogP) is 3.03. The minimum Gasteiger partial charge on any atom is -0.494 e. The number of aliphatic hydroxyl groups is 1. The molecule has 0 saturated heterocycles. The lowest BCUT2D eigenvalue weighted by atomic mass is 9.96. The Labute approximate surface area is 152 Å². The fraction of sp³-hybridized carbons (Fsp3) is 0.444. The number of thiophene rings is 1. The van der Waals surface area contributed by atoms with E-state index >= 15 is 0 Å². The maximum atomic E-state index is 12.7. The van der Waals surface area contributed by atoms with Gasteiger partial charge in [0.25, 0.3) is 0 Å². The Hall–Kier alpha value is -1.41. The van der Waals surface area contributed by atoms with E-state index < -0.39 is 15.6 Å². The van der Waals surface area contributed by atoms with Gasteiger partial charge in [-0.1, -0.05) is 6.07 Å². The lowest BCUT2D eigenvalue weighted by Gasteiger charge is -2.27. The van der Waals surface area contributed by atoms with Gasteiger partial charge in [-0.2, -0.15) is 0 Å². The van der Waals surface area contributed by atoms with Crippen molar-refractivity contribution in [1.29, 1.82) is 0 Å². The van der Waals surface area contributed by atoms with Crippen LogP contribution in [0.4, 0.5) is 0 Å². The lowest BCUT2D eigenvalue weighted by Crippen LogP contribution is -2.41. The molecule has 1 fully saturated rings. The van der Waals surface area contributed by atoms with Crippen molar-refractivity contribution in [1.82, 2.24) is 4.72 Å². The summed E-state index contributed by atoms with van der Waals surface area (Å²) < 4.78 is 33.4. The second-order valence-electron chi connectivity index (χ2n) is 6.36. The van der Waals surface area contributed by atoms with Crippen LogP contribution >= 0.6 is 11.3 Å². The number of nitrogens with one attached hydrogen (secondary N) is 1. The molecule has 3 rings (SSSR count). The van der Waals surface area contributed by atoms with Crippen LogP contribution in [-0.4, -0.2) is 26.7 Å². The summed E-state index contributed by atoms with van der Waals surface area (Å²) in [6, 6.07) is 8.52. The summed E-state index contributed by atoms with van der Waals surface area (Å²) in [5, 5.41) is 12.9. The zero-order valence-electron chi connectivity index (χ0n) is 14.4. The molecule has 0 amide bonds. The smallest absolute Gasteiger partial charge is 0.240 e. The van der Waals surface area contributed by atoms with Crippen LogP contribution < -0.4 is 9.46 Å². The van der Waals surface area contributed by atoms with Crippen molar-refractivity contribution in [2.75, 3.05) is 13.2 Å². The van der Waals surface area contributed by atoms with E-state index in [1.807, 2.05) is 31.4 Å². The normalized spacial score (nSPS) is 17.2. The zero-order chi connectivity index (χ0) is 18.1. The molecule has 1 aromatic carbocycles. The largest absolute Gasteiger partial charge is 0.494 e. The molecule has 25 heavy (non-hydrogen) atoms. The fourth-order valence-electron chi connectivity index (χ4n) is 2.91. The quantitative estimate of drug-likeness (QED) is 0.737. The molecule has 0 spiro atoms. The lowest BCUT2D eigenvalue weighted by molar-refractivity contribution is 0.0222. The van der Waals surface area contributed by atoms with Gasteiger partial charge in [-0.3, -0.25) is 0 Å². The summed E-state index contributed by atoms with van der Waals surface area (Å²) in [7, 11) is -3.71. The van der Waals surface area contributed by atoms with Crippen LogP contribution in [0.25, 0.3) is 0 Å². The van der Waals surface area contributed by atoms with Gasteiger partial charge in [0, 0.05) is 11.4 Å². The second-order valence-corrected chi connectivity index (χ2v) is 9.08. The first-order valence-corrected chi connectivity index (χ1v) is 10.7. The Morgan fingerprint density at radius 2 is 2.12 bits per heavy atom. The van der Waals surface area contributed by atoms with E-state index in [4.69, 9.17) is 4.74 Å².